The lowest BCUT2D eigenvalue weighted by molar-refractivity contribution is 0.480. The molecule has 1 aromatic carbocycles. The van der Waals surface area contributed by atoms with Gasteiger partial charge in [-0.25, -0.2) is 0 Å². The Balaban J connectivity index is 2.46. The van der Waals surface area contributed by atoms with Crippen molar-refractivity contribution in [2.24, 2.45) is 0 Å². The Hall–Kier alpha value is -0.653. The molecule has 1 N–H and O–H groups in total. The quantitative estimate of drug-likeness (QED) is 0.491. The van der Waals surface area contributed by atoms with E-state index in [1.54, 1.807) is 0 Å². The summed E-state index contributed by atoms with van der Waals surface area (Å²) in [5, 5.41) is 1.40. The van der Waals surface area contributed by atoms with Gasteiger partial charge in [0.1, 0.15) is 0 Å². The lowest BCUT2D eigenvalue weighted by Gasteiger charge is -2.22. The van der Waals surface area contributed by atoms with Gasteiger partial charge in [-0.2, -0.15) is 8.42 Å². The van der Waals surface area contributed by atoms with Crippen molar-refractivity contribution in [2.75, 3.05) is 5.75 Å². The fourth-order valence-corrected chi connectivity index (χ4v) is 4.97. The Morgan fingerprint density at radius 2 is 1.71 bits per heavy atom. The number of unbranched alkanes of at least 4 members (excludes halogenated alkanes) is 1. The van der Waals surface area contributed by atoms with Gasteiger partial charge in [-0.1, -0.05) is 61.1 Å². The van der Waals surface area contributed by atoms with E-state index in [1.807, 2.05) is 18.2 Å². The van der Waals surface area contributed by atoms with Gasteiger partial charge < -0.3 is 0 Å². The van der Waals surface area contributed by atoms with E-state index >= 15 is 0 Å². The first-order chi connectivity index (χ1) is 7.81. The third-order valence-electron chi connectivity index (χ3n) is 3.01. The normalized spacial score (nSPS) is 12.6. The SMILES string of the molecule is C[Si](C)(CCCCS(=O)(=O)O)c1ccccc1. The standard InChI is InChI=1S/C12H20O3SSi/c1-17(2,12-8-4-3-5-9-12)11-7-6-10-16(13,14)15/h3-5,8-9H,6-7,10-11H2,1-2H3,(H,13,14,15). The molecule has 0 amide bonds. The van der Waals surface area contributed by atoms with E-state index in [4.69, 9.17) is 4.55 Å². The van der Waals surface area contributed by atoms with Crippen LogP contribution in [0.5, 0.6) is 0 Å². The minimum atomic E-state index is -3.79. The molecule has 0 fully saturated rings. The molecule has 0 aromatic heterocycles. The molecular weight excluding hydrogens is 252 g/mol. The van der Waals surface area contributed by atoms with Crippen LogP contribution in [0.15, 0.2) is 30.3 Å². The first kappa shape index (κ1) is 14.4. The second-order valence-electron chi connectivity index (χ2n) is 4.99. The van der Waals surface area contributed by atoms with Gasteiger partial charge in [0.05, 0.1) is 13.8 Å². The monoisotopic (exact) mass is 272 g/mol. The van der Waals surface area contributed by atoms with E-state index in [0.29, 0.717) is 6.42 Å². The van der Waals surface area contributed by atoms with Gasteiger partial charge in [0.25, 0.3) is 10.1 Å². The van der Waals surface area contributed by atoms with Gasteiger partial charge in [-0.05, 0) is 6.42 Å². The number of rotatable bonds is 6. The molecule has 0 spiro atoms. The summed E-state index contributed by atoms with van der Waals surface area (Å²) in [4.78, 5) is 0. The van der Waals surface area contributed by atoms with Crippen LogP contribution in [0.2, 0.25) is 19.1 Å². The van der Waals surface area contributed by atoms with E-state index < -0.39 is 18.2 Å². The maximum absolute atomic E-state index is 10.6. The molecule has 0 aliphatic rings. The summed E-state index contributed by atoms with van der Waals surface area (Å²) in [6.45, 7) is 4.57. The third kappa shape index (κ3) is 5.47. The molecule has 0 atom stereocenters. The van der Waals surface area contributed by atoms with Crippen molar-refractivity contribution in [1.82, 2.24) is 0 Å². The Bertz CT molecular complexity index is 440. The van der Waals surface area contributed by atoms with Crippen LogP contribution in [-0.2, 0) is 10.1 Å². The van der Waals surface area contributed by atoms with Gasteiger partial charge >= 0.3 is 0 Å². The molecule has 17 heavy (non-hydrogen) atoms. The summed E-state index contributed by atoms with van der Waals surface area (Å²) in [7, 11) is -5.24. The molecule has 0 aliphatic carbocycles. The molecule has 1 aromatic rings. The molecule has 0 bridgehead atoms. The minimum absolute atomic E-state index is 0.119. The highest BCUT2D eigenvalue weighted by atomic mass is 32.2. The molecular formula is C12H20O3SSi. The van der Waals surface area contributed by atoms with Crippen LogP contribution in [-0.4, -0.2) is 26.8 Å². The van der Waals surface area contributed by atoms with Crippen LogP contribution in [0, 0.1) is 0 Å². The van der Waals surface area contributed by atoms with Crippen molar-refractivity contribution in [3.8, 4) is 0 Å². The predicted octanol–water partition coefficient (Wildman–Crippen LogP) is 2.27. The summed E-state index contributed by atoms with van der Waals surface area (Å²) in [6.07, 6.45) is 1.40. The molecule has 0 radical (unpaired) electrons. The summed E-state index contributed by atoms with van der Waals surface area (Å²) >= 11 is 0. The Kier molecular flexibility index (Phi) is 4.91. The highest BCUT2D eigenvalue weighted by Crippen LogP contribution is 2.14. The zero-order valence-electron chi connectivity index (χ0n) is 10.4. The summed E-state index contributed by atoms with van der Waals surface area (Å²) in [6, 6.07) is 11.4. The van der Waals surface area contributed by atoms with Crippen LogP contribution in [0.3, 0.4) is 0 Å². The van der Waals surface area contributed by atoms with Crippen LogP contribution in [0.4, 0.5) is 0 Å². The van der Waals surface area contributed by atoms with Gasteiger partial charge in [-0.15, -0.1) is 0 Å². The second kappa shape index (κ2) is 5.80. The lowest BCUT2D eigenvalue weighted by atomic mass is 10.4. The van der Waals surface area contributed by atoms with Crippen molar-refractivity contribution >= 4 is 23.4 Å². The second-order valence-corrected chi connectivity index (χ2v) is 11.4. The zero-order chi connectivity index (χ0) is 12.9. The highest BCUT2D eigenvalue weighted by Gasteiger charge is 2.22. The first-order valence-electron chi connectivity index (χ1n) is 5.82. The fraction of sp³-hybridized carbons (Fsp3) is 0.500. The number of hydrogen-bond acceptors (Lipinski definition) is 2. The van der Waals surface area contributed by atoms with Crippen molar-refractivity contribution < 1.29 is 13.0 Å². The first-order valence-corrected chi connectivity index (χ1v) is 10.6. The number of benzene rings is 1. The van der Waals surface area contributed by atoms with Crippen LogP contribution < -0.4 is 5.19 Å². The smallest absolute Gasteiger partial charge is 0.264 e. The maximum Gasteiger partial charge on any atom is 0.264 e. The predicted molar refractivity (Wildman–Crippen MR) is 74.0 cm³/mol. The Morgan fingerprint density at radius 1 is 1.12 bits per heavy atom. The third-order valence-corrected chi connectivity index (χ3v) is 7.31. The summed E-state index contributed by atoms with van der Waals surface area (Å²) in [5.41, 5.74) is 0. The van der Waals surface area contributed by atoms with Crippen molar-refractivity contribution in [3.63, 3.8) is 0 Å². The molecule has 3 nitrogen and oxygen atoms in total. The largest absolute Gasteiger partial charge is 0.286 e. The molecule has 0 heterocycles. The molecule has 96 valence electrons. The lowest BCUT2D eigenvalue weighted by Crippen LogP contribution is -2.40. The van der Waals surface area contributed by atoms with E-state index in [-0.39, 0.29) is 5.75 Å². The average Bonchev–Trinajstić information content (AvgIpc) is 2.25. The van der Waals surface area contributed by atoms with E-state index in [1.165, 1.54) is 5.19 Å². The van der Waals surface area contributed by atoms with E-state index in [0.717, 1.165) is 12.5 Å². The summed E-state index contributed by atoms with van der Waals surface area (Å²) in [5.74, 6) is -0.119. The van der Waals surface area contributed by atoms with Gasteiger partial charge in [0.2, 0.25) is 0 Å². The maximum atomic E-state index is 10.6. The Morgan fingerprint density at radius 3 is 2.24 bits per heavy atom. The molecule has 5 heteroatoms. The average molecular weight is 272 g/mol. The van der Waals surface area contributed by atoms with Crippen molar-refractivity contribution in [2.45, 2.75) is 32.0 Å². The van der Waals surface area contributed by atoms with Crippen LogP contribution in [0.25, 0.3) is 0 Å². The summed E-state index contributed by atoms with van der Waals surface area (Å²) < 4.78 is 29.8. The molecule has 0 unspecified atom stereocenters. The van der Waals surface area contributed by atoms with Crippen molar-refractivity contribution in [3.05, 3.63) is 30.3 Å². The topological polar surface area (TPSA) is 54.4 Å². The zero-order valence-corrected chi connectivity index (χ0v) is 12.2. The van der Waals surface area contributed by atoms with Gasteiger partial charge in [-0.3, -0.25) is 4.55 Å². The highest BCUT2D eigenvalue weighted by molar-refractivity contribution is 7.85. The molecule has 0 saturated carbocycles. The molecule has 0 saturated heterocycles. The van der Waals surface area contributed by atoms with Gasteiger partial charge in [0, 0.05) is 0 Å². The van der Waals surface area contributed by atoms with Crippen LogP contribution >= 0.6 is 0 Å². The van der Waals surface area contributed by atoms with Crippen LogP contribution in [0.1, 0.15) is 12.8 Å². The minimum Gasteiger partial charge on any atom is -0.286 e. The van der Waals surface area contributed by atoms with Crippen molar-refractivity contribution in [1.29, 1.82) is 0 Å². The molecule has 0 aliphatic heterocycles. The number of hydrogen-bond donors (Lipinski definition) is 1. The van der Waals surface area contributed by atoms with E-state index in [9.17, 15) is 8.42 Å². The fourth-order valence-electron chi connectivity index (χ4n) is 1.89. The van der Waals surface area contributed by atoms with Gasteiger partial charge in [0.15, 0.2) is 0 Å². The molecule has 1 rings (SSSR count). The Labute approximate surface area is 105 Å². The van der Waals surface area contributed by atoms with E-state index in [2.05, 4.69) is 25.2 Å².